The Morgan fingerprint density at radius 3 is 2.20 bits per heavy atom. The maximum absolute atomic E-state index is 10.1. The fourth-order valence-corrected chi connectivity index (χ4v) is 0.645. The first-order valence-corrected chi connectivity index (χ1v) is 2.85. The van der Waals surface area contributed by atoms with Crippen molar-refractivity contribution in [3.63, 3.8) is 0 Å². The summed E-state index contributed by atoms with van der Waals surface area (Å²) in [6.07, 6.45) is 0.847. The Balaban J connectivity index is 0. The molecule has 0 saturated carbocycles. The van der Waals surface area contributed by atoms with Gasteiger partial charge in [-0.2, -0.15) is 0 Å². The van der Waals surface area contributed by atoms with Crippen molar-refractivity contribution >= 4 is 6.29 Å². The Morgan fingerprint density at radius 1 is 1.30 bits per heavy atom. The second kappa shape index (κ2) is 4.67. The Bertz CT molecular complexity index is 208. The van der Waals surface area contributed by atoms with Gasteiger partial charge in [-0.1, -0.05) is 29.8 Å². The minimum absolute atomic E-state index is 0. The molecule has 1 rings (SSSR count). The molecule has 1 aromatic carbocycles. The summed E-state index contributed by atoms with van der Waals surface area (Å²) in [6, 6.07) is 7.46. The first kappa shape index (κ1) is 9.89. The Kier molecular flexibility index (Phi) is 4.62. The first-order chi connectivity index (χ1) is 4.33. The summed E-state index contributed by atoms with van der Waals surface area (Å²) >= 11 is 0. The van der Waals surface area contributed by atoms with Crippen LogP contribution in [-0.4, -0.2) is 6.29 Å². The molecular formula is C8H9NaO. The Labute approximate surface area is 84.2 Å². The molecule has 0 aliphatic heterocycles. The molecule has 0 atom stereocenters. The SMILES string of the molecule is Cc1ccc(C=O)cc1.[H-].[Na+]. The van der Waals surface area contributed by atoms with E-state index in [0.29, 0.717) is 0 Å². The molecule has 0 saturated heterocycles. The minimum Gasteiger partial charge on any atom is -1.00 e. The van der Waals surface area contributed by atoms with E-state index in [1.165, 1.54) is 5.56 Å². The van der Waals surface area contributed by atoms with Crippen molar-refractivity contribution in [3.8, 4) is 0 Å². The second-order valence-corrected chi connectivity index (χ2v) is 2.03. The van der Waals surface area contributed by atoms with Crippen LogP contribution >= 0.6 is 0 Å². The van der Waals surface area contributed by atoms with E-state index in [0.717, 1.165) is 11.8 Å². The molecule has 48 valence electrons. The van der Waals surface area contributed by atoms with Crippen LogP contribution < -0.4 is 29.6 Å². The molecule has 0 bridgehead atoms. The van der Waals surface area contributed by atoms with Crippen molar-refractivity contribution in [2.45, 2.75) is 6.92 Å². The standard InChI is InChI=1S/C8H8O.Na.H/c1-7-2-4-8(6-9)5-3-7;;/h2-6H,1H3;;/q;+1;-1. The maximum atomic E-state index is 10.1. The van der Waals surface area contributed by atoms with Gasteiger partial charge in [0, 0.05) is 5.56 Å². The average molecular weight is 144 g/mol. The number of rotatable bonds is 1. The summed E-state index contributed by atoms with van der Waals surface area (Å²) in [7, 11) is 0. The van der Waals surface area contributed by atoms with E-state index < -0.39 is 0 Å². The molecule has 0 spiro atoms. The second-order valence-electron chi connectivity index (χ2n) is 2.03. The van der Waals surface area contributed by atoms with E-state index in [9.17, 15) is 4.79 Å². The molecule has 0 aliphatic carbocycles. The van der Waals surface area contributed by atoms with Crippen LogP contribution in [0.1, 0.15) is 17.3 Å². The van der Waals surface area contributed by atoms with Gasteiger partial charge >= 0.3 is 29.6 Å². The van der Waals surface area contributed by atoms with Crippen LogP contribution in [0.5, 0.6) is 0 Å². The Hall–Kier alpha value is -0.110. The first-order valence-electron chi connectivity index (χ1n) is 2.85. The predicted octanol–water partition coefficient (Wildman–Crippen LogP) is -1.08. The number of aryl methyl sites for hydroxylation is 1. The van der Waals surface area contributed by atoms with E-state index in [1.807, 2.05) is 31.2 Å². The third-order valence-electron chi connectivity index (χ3n) is 1.21. The van der Waals surface area contributed by atoms with Crippen molar-refractivity contribution in [3.05, 3.63) is 35.4 Å². The zero-order chi connectivity index (χ0) is 6.69. The average Bonchev–Trinajstić information content (AvgIpc) is 1.90. The molecule has 0 heterocycles. The van der Waals surface area contributed by atoms with E-state index in [4.69, 9.17) is 0 Å². The summed E-state index contributed by atoms with van der Waals surface area (Å²) < 4.78 is 0. The quantitative estimate of drug-likeness (QED) is 0.362. The topological polar surface area (TPSA) is 17.1 Å². The molecule has 0 amide bonds. The Morgan fingerprint density at radius 2 is 1.80 bits per heavy atom. The number of aldehydes is 1. The molecule has 0 unspecified atom stereocenters. The van der Waals surface area contributed by atoms with Crippen molar-refractivity contribution in [2.75, 3.05) is 0 Å². The van der Waals surface area contributed by atoms with Crippen molar-refractivity contribution in [2.24, 2.45) is 0 Å². The maximum Gasteiger partial charge on any atom is 1.00 e. The van der Waals surface area contributed by atoms with Crippen molar-refractivity contribution in [1.82, 2.24) is 0 Å². The van der Waals surface area contributed by atoms with Crippen LogP contribution in [-0.2, 0) is 0 Å². The zero-order valence-corrected chi connectivity index (χ0v) is 8.29. The molecule has 1 nitrogen and oxygen atoms in total. The van der Waals surface area contributed by atoms with Crippen molar-refractivity contribution in [1.29, 1.82) is 0 Å². The third-order valence-corrected chi connectivity index (χ3v) is 1.21. The summed E-state index contributed by atoms with van der Waals surface area (Å²) in [5.74, 6) is 0. The fourth-order valence-electron chi connectivity index (χ4n) is 0.645. The molecule has 0 N–H and O–H groups in total. The van der Waals surface area contributed by atoms with Crippen LogP contribution in [0.2, 0.25) is 0 Å². The van der Waals surface area contributed by atoms with Gasteiger partial charge in [0.15, 0.2) is 0 Å². The van der Waals surface area contributed by atoms with Gasteiger partial charge in [0.05, 0.1) is 0 Å². The van der Waals surface area contributed by atoms with Crippen LogP contribution in [0.25, 0.3) is 0 Å². The van der Waals surface area contributed by atoms with Gasteiger partial charge in [-0.05, 0) is 6.92 Å². The number of hydrogen-bond donors (Lipinski definition) is 0. The monoisotopic (exact) mass is 144 g/mol. The van der Waals surface area contributed by atoms with Gasteiger partial charge in [-0.25, -0.2) is 0 Å². The van der Waals surface area contributed by atoms with Gasteiger partial charge in [0.1, 0.15) is 6.29 Å². The normalized spacial score (nSPS) is 8.10. The molecule has 0 aromatic heterocycles. The summed E-state index contributed by atoms with van der Waals surface area (Å²) in [4.78, 5) is 10.1. The molecule has 1 aromatic rings. The van der Waals surface area contributed by atoms with Gasteiger partial charge in [0.2, 0.25) is 0 Å². The van der Waals surface area contributed by atoms with Gasteiger partial charge in [-0.15, -0.1) is 0 Å². The molecule has 0 radical (unpaired) electrons. The molecule has 0 fully saturated rings. The van der Waals surface area contributed by atoms with E-state index in [1.54, 1.807) is 0 Å². The van der Waals surface area contributed by atoms with E-state index >= 15 is 0 Å². The molecular weight excluding hydrogens is 135 g/mol. The smallest absolute Gasteiger partial charge is 1.00 e. The zero-order valence-electron chi connectivity index (χ0n) is 7.29. The molecule has 2 heteroatoms. The number of carbonyl (C=O) groups excluding carboxylic acids is 1. The van der Waals surface area contributed by atoms with E-state index in [-0.39, 0.29) is 31.0 Å². The van der Waals surface area contributed by atoms with E-state index in [2.05, 4.69) is 0 Å². The van der Waals surface area contributed by atoms with Crippen molar-refractivity contribution < 1.29 is 35.8 Å². The third kappa shape index (κ3) is 2.65. The van der Waals surface area contributed by atoms with Gasteiger partial charge in [0.25, 0.3) is 0 Å². The number of hydrogen-bond acceptors (Lipinski definition) is 1. The van der Waals surface area contributed by atoms with Crippen LogP contribution in [0.3, 0.4) is 0 Å². The summed E-state index contributed by atoms with van der Waals surface area (Å²) in [5, 5.41) is 0. The molecule has 10 heavy (non-hydrogen) atoms. The summed E-state index contributed by atoms with van der Waals surface area (Å²) in [5.41, 5.74) is 1.92. The van der Waals surface area contributed by atoms with Crippen LogP contribution in [0.4, 0.5) is 0 Å². The number of carbonyl (C=O) groups is 1. The minimum atomic E-state index is 0. The van der Waals surface area contributed by atoms with Crippen LogP contribution in [0, 0.1) is 6.92 Å². The molecule has 0 aliphatic rings. The van der Waals surface area contributed by atoms with Crippen LogP contribution in [0.15, 0.2) is 24.3 Å². The fraction of sp³-hybridized carbons (Fsp3) is 0.125. The number of benzene rings is 1. The van der Waals surface area contributed by atoms with Gasteiger partial charge < -0.3 is 1.43 Å². The largest absolute Gasteiger partial charge is 1.00 e. The predicted molar refractivity (Wildman–Crippen MR) is 37.7 cm³/mol. The summed E-state index contributed by atoms with van der Waals surface area (Å²) in [6.45, 7) is 1.99. The van der Waals surface area contributed by atoms with Gasteiger partial charge in [-0.3, -0.25) is 4.79 Å².